The predicted molar refractivity (Wildman–Crippen MR) is 92.5 cm³/mol. The van der Waals surface area contributed by atoms with Gasteiger partial charge in [-0.05, 0) is 48.1 Å². The van der Waals surface area contributed by atoms with Gasteiger partial charge in [0.2, 0.25) is 0 Å². The van der Waals surface area contributed by atoms with Gasteiger partial charge >= 0.3 is 0 Å². The lowest BCUT2D eigenvalue weighted by molar-refractivity contribution is 0.0536. The second kappa shape index (κ2) is 7.76. The van der Waals surface area contributed by atoms with Crippen molar-refractivity contribution < 1.29 is 9.53 Å². The molecule has 24 heavy (non-hydrogen) atoms. The number of carbonyl (C=O) groups is 1. The number of nitriles is 1. The van der Waals surface area contributed by atoms with Gasteiger partial charge in [0.1, 0.15) is 0 Å². The molecule has 3 rings (SSSR count). The van der Waals surface area contributed by atoms with Crippen molar-refractivity contribution >= 4 is 5.91 Å². The van der Waals surface area contributed by atoms with Crippen molar-refractivity contribution in [1.29, 1.82) is 5.26 Å². The molecule has 1 saturated heterocycles. The van der Waals surface area contributed by atoms with Gasteiger partial charge in [-0.3, -0.25) is 4.79 Å². The van der Waals surface area contributed by atoms with E-state index in [-0.39, 0.29) is 5.91 Å². The van der Waals surface area contributed by atoms with Crippen LogP contribution in [0, 0.1) is 17.2 Å². The average molecular weight is 320 g/mol. The lowest BCUT2D eigenvalue weighted by atomic mass is 9.99. The lowest BCUT2D eigenvalue weighted by Gasteiger charge is -2.22. The Bertz CT molecular complexity index is 741. The first kappa shape index (κ1) is 16.2. The van der Waals surface area contributed by atoms with Crippen molar-refractivity contribution in [1.82, 2.24) is 5.32 Å². The summed E-state index contributed by atoms with van der Waals surface area (Å²) in [5.41, 5.74) is 3.08. The van der Waals surface area contributed by atoms with E-state index in [2.05, 4.69) is 11.4 Å². The number of benzene rings is 2. The zero-order chi connectivity index (χ0) is 16.8. The molecule has 1 heterocycles. The smallest absolute Gasteiger partial charge is 0.251 e. The van der Waals surface area contributed by atoms with Crippen molar-refractivity contribution in [2.24, 2.45) is 5.92 Å². The largest absolute Gasteiger partial charge is 0.381 e. The lowest BCUT2D eigenvalue weighted by Crippen LogP contribution is -2.33. The monoisotopic (exact) mass is 320 g/mol. The highest BCUT2D eigenvalue weighted by Gasteiger charge is 2.15. The van der Waals surface area contributed by atoms with Crippen LogP contribution >= 0.6 is 0 Å². The third-order valence-electron chi connectivity index (χ3n) is 4.31. The van der Waals surface area contributed by atoms with Crippen molar-refractivity contribution in [3.05, 3.63) is 59.7 Å². The summed E-state index contributed by atoms with van der Waals surface area (Å²) in [6, 6.07) is 17.0. The summed E-state index contributed by atoms with van der Waals surface area (Å²) in [7, 11) is 0. The van der Waals surface area contributed by atoms with E-state index in [1.165, 1.54) is 0 Å². The maximum absolute atomic E-state index is 12.3. The van der Waals surface area contributed by atoms with Crippen LogP contribution in [0.4, 0.5) is 0 Å². The second-order valence-electron chi connectivity index (χ2n) is 6.03. The molecule has 0 radical (unpaired) electrons. The molecule has 1 amide bonds. The fourth-order valence-corrected chi connectivity index (χ4v) is 2.94. The van der Waals surface area contributed by atoms with Gasteiger partial charge in [-0.25, -0.2) is 0 Å². The Hall–Kier alpha value is -2.64. The zero-order valence-corrected chi connectivity index (χ0v) is 13.5. The summed E-state index contributed by atoms with van der Waals surface area (Å²) in [5, 5.41) is 12.2. The molecular formula is C20H20N2O2. The van der Waals surface area contributed by atoms with Gasteiger partial charge in [0.05, 0.1) is 18.2 Å². The summed E-state index contributed by atoms with van der Waals surface area (Å²) >= 11 is 0. The normalized spacial score (nSPS) is 17.0. The number of ether oxygens (including phenoxy) is 1. The average Bonchev–Trinajstić information content (AvgIpc) is 2.67. The molecule has 0 bridgehead atoms. The highest BCUT2D eigenvalue weighted by atomic mass is 16.5. The minimum absolute atomic E-state index is 0.0688. The molecule has 0 aromatic heterocycles. The van der Waals surface area contributed by atoms with Crippen LogP contribution in [0.5, 0.6) is 0 Å². The Morgan fingerprint density at radius 2 is 2.00 bits per heavy atom. The molecule has 1 N–H and O–H groups in total. The SMILES string of the molecule is N#Cc1ccccc1-c1ccc(C(=O)NC[C@H]2CCCOC2)cc1. The van der Waals surface area contributed by atoms with E-state index in [9.17, 15) is 10.1 Å². The summed E-state index contributed by atoms with van der Waals surface area (Å²) in [6.45, 7) is 2.21. The third-order valence-corrected chi connectivity index (χ3v) is 4.31. The molecule has 1 aliphatic heterocycles. The van der Waals surface area contributed by atoms with Crippen LogP contribution in [-0.4, -0.2) is 25.7 Å². The molecule has 4 heteroatoms. The van der Waals surface area contributed by atoms with Crippen molar-refractivity contribution in [3.8, 4) is 17.2 Å². The van der Waals surface area contributed by atoms with Crippen LogP contribution in [0.3, 0.4) is 0 Å². The van der Waals surface area contributed by atoms with Gasteiger partial charge in [0, 0.05) is 18.7 Å². The fraction of sp³-hybridized carbons (Fsp3) is 0.300. The zero-order valence-electron chi connectivity index (χ0n) is 13.5. The van der Waals surface area contributed by atoms with Crippen LogP contribution in [0.25, 0.3) is 11.1 Å². The van der Waals surface area contributed by atoms with Crippen LogP contribution in [0.1, 0.15) is 28.8 Å². The molecule has 0 aliphatic carbocycles. The van der Waals surface area contributed by atoms with Crippen molar-refractivity contribution in [2.45, 2.75) is 12.8 Å². The molecule has 1 atom stereocenters. The van der Waals surface area contributed by atoms with E-state index >= 15 is 0 Å². The topological polar surface area (TPSA) is 62.1 Å². The maximum Gasteiger partial charge on any atom is 0.251 e. The molecular weight excluding hydrogens is 300 g/mol. The number of carbonyl (C=O) groups excluding carboxylic acids is 1. The van der Waals surface area contributed by atoms with Crippen LogP contribution in [0.15, 0.2) is 48.5 Å². The highest BCUT2D eigenvalue weighted by Crippen LogP contribution is 2.23. The van der Waals surface area contributed by atoms with E-state index < -0.39 is 0 Å². The van der Waals surface area contributed by atoms with E-state index in [1.54, 1.807) is 18.2 Å². The highest BCUT2D eigenvalue weighted by molar-refractivity contribution is 5.94. The number of hydrogen-bond donors (Lipinski definition) is 1. The van der Waals surface area contributed by atoms with E-state index in [0.29, 0.717) is 23.6 Å². The number of nitrogens with one attached hydrogen (secondary N) is 1. The summed E-state index contributed by atoms with van der Waals surface area (Å²) in [4.78, 5) is 12.3. The maximum atomic E-state index is 12.3. The molecule has 4 nitrogen and oxygen atoms in total. The van der Waals surface area contributed by atoms with Gasteiger partial charge in [-0.2, -0.15) is 5.26 Å². The Morgan fingerprint density at radius 1 is 1.21 bits per heavy atom. The molecule has 0 spiro atoms. The fourth-order valence-electron chi connectivity index (χ4n) is 2.94. The summed E-state index contributed by atoms with van der Waals surface area (Å²) in [6.07, 6.45) is 2.16. The Balaban J connectivity index is 1.65. The van der Waals surface area contributed by atoms with E-state index in [0.717, 1.165) is 37.2 Å². The predicted octanol–water partition coefficient (Wildman–Crippen LogP) is 3.38. The second-order valence-corrected chi connectivity index (χ2v) is 6.03. The first-order valence-electron chi connectivity index (χ1n) is 8.23. The molecule has 1 fully saturated rings. The van der Waals surface area contributed by atoms with Gasteiger partial charge in [0.15, 0.2) is 0 Å². The molecule has 2 aromatic carbocycles. The molecule has 0 saturated carbocycles. The Kier molecular flexibility index (Phi) is 5.25. The first-order valence-corrected chi connectivity index (χ1v) is 8.23. The standard InChI is InChI=1S/C20H20N2O2/c21-12-18-5-1-2-6-19(18)16-7-9-17(10-8-16)20(23)22-13-15-4-3-11-24-14-15/h1-2,5-10,15H,3-4,11,13-14H2,(H,22,23)/t15-/m1/s1. The first-order chi connectivity index (χ1) is 11.8. The van der Waals surface area contributed by atoms with Gasteiger partial charge in [0.25, 0.3) is 5.91 Å². The van der Waals surface area contributed by atoms with E-state index in [4.69, 9.17) is 4.74 Å². The summed E-state index contributed by atoms with van der Waals surface area (Å²) < 4.78 is 5.43. The number of rotatable bonds is 4. The van der Waals surface area contributed by atoms with Gasteiger partial charge < -0.3 is 10.1 Å². The quantitative estimate of drug-likeness (QED) is 0.939. The molecule has 122 valence electrons. The molecule has 0 unspecified atom stereocenters. The summed E-state index contributed by atoms with van der Waals surface area (Å²) in [5.74, 6) is 0.338. The minimum atomic E-state index is -0.0688. The third kappa shape index (κ3) is 3.81. The van der Waals surface area contributed by atoms with Crippen LogP contribution < -0.4 is 5.32 Å². The van der Waals surface area contributed by atoms with Crippen LogP contribution in [-0.2, 0) is 4.74 Å². The van der Waals surface area contributed by atoms with Gasteiger partial charge in [-0.1, -0.05) is 30.3 Å². The van der Waals surface area contributed by atoms with Gasteiger partial charge in [-0.15, -0.1) is 0 Å². The molecule has 2 aromatic rings. The molecule has 1 aliphatic rings. The number of nitrogens with zero attached hydrogens (tertiary/aromatic N) is 1. The van der Waals surface area contributed by atoms with Crippen molar-refractivity contribution in [2.75, 3.05) is 19.8 Å². The van der Waals surface area contributed by atoms with Crippen molar-refractivity contribution in [3.63, 3.8) is 0 Å². The number of amides is 1. The Morgan fingerprint density at radius 3 is 2.71 bits per heavy atom. The van der Waals surface area contributed by atoms with E-state index in [1.807, 2.05) is 30.3 Å². The minimum Gasteiger partial charge on any atom is -0.381 e. The number of hydrogen-bond acceptors (Lipinski definition) is 3. The van der Waals surface area contributed by atoms with Crippen LogP contribution in [0.2, 0.25) is 0 Å². The Labute approximate surface area is 142 Å².